The normalized spacial score (nSPS) is 10.9. The molecule has 0 unspecified atom stereocenters. The van der Waals surface area contributed by atoms with Crippen molar-refractivity contribution < 1.29 is 9.15 Å². The molecule has 8 nitrogen and oxygen atoms in total. The molecule has 9 heteroatoms. The monoisotopic (exact) mass is 421 g/mol. The largest absolute Gasteiger partial charge is 0.424 e. The molecule has 0 bridgehead atoms. The second kappa shape index (κ2) is 8.93. The highest BCUT2D eigenvalue weighted by Gasteiger charge is 2.14. The van der Waals surface area contributed by atoms with Gasteiger partial charge in [0, 0.05) is 54.2 Å². The fourth-order valence-corrected chi connectivity index (χ4v) is 3.35. The Morgan fingerprint density at radius 1 is 1.10 bits per heavy atom. The molecule has 0 aliphatic carbocycles. The Kier molecular flexibility index (Phi) is 5.92. The van der Waals surface area contributed by atoms with Gasteiger partial charge in [0.1, 0.15) is 17.2 Å². The topological polar surface area (TPSA) is 102 Å². The van der Waals surface area contributed by atoms with Crippen LogP contribution in [0.3, 0.4) is 0 Å². The smallest absolute Gasteiger partial charge is 0.340 e. The number of benzene rings is 1. The fourth-order valence-electron chi connectivity index (χ4n) is 3.03. The minimum absolute atomic E-state index is 0.228. The van der Waals surface area contributed by atoms with Crippen molar-refractivity contribution in [2.75, 3.05) is 11.8 Å². The summed E-state index contributed by atoms with van der Waals surface area (Å²) < 4.78 is 17.2. The first kappa shape index (κ1) is 19.9. The van der Waals surface area contributed by atoms with Gasteiger partial charge in [-0.2, -0.15) is 0 Å². The first-order valence-electron chi connectivity index (χ1n) is 9.19. The third-order valence-corrected chi connectivity index (χ3v) is 4.99. The molecule has 3 heterocycles. The van der Waals surface area contributed by atoms with Gasteiger partial charge in [0.2, 0.25) is 0 Å². The van der Waals surface area contributed by atoms with E-state index in [9.17, 15) is 4.79 Å². The van der Waals surface area contributed by atoms with Crippen molar-refractivity contribution in [3.8, 4) is 11.8 Å². The van der Waals surface area contributed by atoms with E-state index in [2.05, 4.69) is 24.4 Å². The standard InChI is InChI=1S/C21H19N5O3S/c1-13-16-5-4-15(28-21-24-7-3-8-25-21)12-18(16)29-20(27)17(13)10-14-6-9-23-19(11-14)26-30-22-2/h3-9,11-12,22H,10H2,1-2H3,(H,23,26). The lowest BCUT2D eigenvalue weighted by molar-refractivity contribution is 0.440. The zero-order chi connectivity index (χ0) is 20.9. The van der Waals surface area contributed by atoms with Gasteiger partial charge in [-0.3, -0.25) is 0 Å². The van der Waals surface area contributed by atoms with Gasteiger partial charge in [0.15, 0.2) is 0 Å². The Morgan fingerprint density at radius 3 is 2.73 bits per heavy atom. The molecule has 0 amide bonds. The van der Waals surface area contributed by atoms with E-state index in [1.165, 1.54) is 12.1 Å². The summed E-state index contributed by atoms with van der Waals surface area (Å²) in [5, 5.41) is 0.851. The Hall–Kier alpha value is -3.43. The second-order valence-corrected chi connectivity index (χ2v) is 7.24. The van der Waals surface area contributed by atoms with Crippen molar-refractivity contribution in [1.29, 1.82) is 0 Å². The number of fused-ring (bicyclic) bond motifs is 1. The highest BCUT2D eigenvalue weighted by Crippen LogP contribution is 2.27. The fraction of sp³-hybridized carbons (Fsp3) is 0.143. The molecule has 0 saturated carbocycles. The van der Waals surface area contributed by atoms with Crippen molar-refractivity contribution in [1.82, 2.24) is 19.7 Å². The molecule has 4 aromatic rings. The van der Waals surface area contributed by atoms with Crippen LogP contribution in [0.25, 0.3) is 11.0 Å². The van der Waals surface area contributed by atoms with Crippen molar-refractivity contribution in [2.24, 2.45) is 0 Å². The minimum Gasteiger partial charge on any atom is -0.424 e. The molecule has 3 aromatic heterocycles. The van der Waals surface area contributed by atoms with Gasteiger partial charge in [0.25, 0.3) is 0 Å². The van der Waals surface area contributed by atoms with Crippen LogP contribution in [0.1, 0.15) is 16.7 Å². The minimum atomic E-state index is -0.371. The lowest BCUT2D eigenvalue weighted by atomic mass is 10.00. The maximum Gasteiger partial charge on any atom is 0.340 e. The number of anilines is 1. The van der Waals surface area contributed by atoms with Crippen LogP contribution < -0.4 is 19.8 Å². The molecule has 0 saturated heterocycles. The Bertz CT molecular complexity index is 1230. The summed E-state index contributed by atoms with van der Waals surface area (Å²) in [6.45, 7) is 1.92. The molecule has 2 N–H and O–H groups in total. The predicted octanol–water partition coefficient (Wildman–Crippen LogP) is 3.86. The zero-order valence-corrected chi connectivity index (χ0v) is 17.2. The molecule has 0 atom stereocenters. The number of nitrogens with zero attached hydrogens (tertiary/aromatic N) is 3. The summed E-state index contributed by atoms with van der Waals surface area (Å²) in [5.41, 5.74) is 2.53. The van der Waals surface area contributed by atoms with Crippen molar-refractivity contribution in [2.45, 2.75) is 13.3 Å². The van der Waals surface area contributed by atoms with Gasteiger partial charge < -0.3 is 13.9 Å². The van der Waals surface area contributed by atoms with Crippen LogP contribution in [0.15, 0.2) is 64.2 Å². The number of hydrogen-bond donors (Lipinski definition) is 2. The van der Waals surface area contributed by atoms with E-state index in [-0.39, 0.29) is 11.6 Å². The molecule has 1 aromatic carbocycles. The maximum absolute atomic E-state index is 12.7. The Labute approximate surface area is 177 Å². The number of aromatic nitrogens is 3. The molecule has 0 spiro atoms. The van der Waals surface area contributed by atoms with Gasteiger partial charge >= 0.3 is 11.6 Å². The van der Waals surface area contributed by atoms with Crippen molar-refractivity contribution in [3.05, 3.63) is 82.1 Å². The average Bonchev–Trinajstić information content (AvgIpc) is 2.76. The highest BCUT2D eigenvalue weighted by molar-refractivity contribution is 7.98. The summed E-state index contributed by atoms with van der Waals surface area (Å²) in [7, 11) is 1.81. The molecule has 30 heavy (non-hydrogen) atoms. The molecule has 0 aliphatic heterocycles. The lowest BCUT2D eigenvalue weighted by Gasteiger charge is -2.10. The van der Waals surface area contributed by atoms with Crippen LogP contribution in [-0.2, 0) is 6.42 Å². The van der Waals surface area contributed by atoms with Crippen LogP contribution in [0.5, 0.6) is 11.8 Å². The summed E-state index contributed by atoms with van der Waals surface area (Å²) in [5.74, 6) is 1.20. The van der Waals surface area contributed by atoms with Crippen LogP contribution in [-0.4, -0.2) is 22.0 Å². The van der Waals surface area contributed by atoms with Gasteiger partial charge in [-0.15, -0.1) is 0 Å². The van der Waals surface area contributed by atoms with Gasteiger partial charge in [-0.25, -0.2) is 24.5 Å². The molecule has 0 aliphatic rings. The van der Waals surface area contributed by atoms with Crippen LogP contribution in [0, 0.1) is 6.92 Å². The van der Waals surface area contributed by atoms with Crippen LogP contribution in [0.4, 0.5) is 5.82 Å². The van der Waals surface area contributed by atoms with Gasteiger partial charge in [-0.05, 0) is 55.4 Å². The molecule has 4 rings (SSSR count). The molecule has 0 fully saturated rings. The summed E-state index contributed by atoms with van der Waals surface area (Å²) >= 11 is 1.32. The first-order chi connectivity index (χ1) is 14.6. The Balaban J connectivity index is 1.64. The van der Waals surface area contributed by atoms with Crippen molar-refractivity contribution >= 4 is 28.9 Å². The number of pyridine rings is 1. The van der Waals surface area contributed by atoms with Gasteiger partial charge in [-0.1, -0.05) is 0 Å². The summed E-state index contributed by atoms with van der Waals surface area (Å²) in [4.78, 5) is 25.0. The maximum atomic E-state index is 12.7. The number of nitrogens with one attached hydrogen (secondary N) is 2. The summed E-state index contributed by atoms with van der Waals surface area (Å²) in [6.07, 6.45) is 5.34. The molecule has 0 radical (unpaired) electrons. The SMILES string of the molecule is CNSNc1cc(Cc2c(C)c3ccc(Oc4ncccn4)cc3oc2=O)ccn1. The first-order valence-corrected chi connectivity index (χ1v) is 10.0. The molecular formula is C21H19N5O3S. The number of ether oxygens (including phenoxy) is 1. The van der Waals surface area contributed by atoms with E-state index >= 15 is 0 Å². The predicted molar refractivity (Wildman–Crippen MR) is 117 cm³/mol. The Morgan fingerprint density at radius 2 is 1.93 bits per heavy atom. The third kappa shape index (κ3) is 4.42. The van der Waals surface area contributed by atoms with Crippen LogP contribution >= 0.6 is 12.1 Å². The summed E-state index contributed by atoms with van der Waals surface area (Å²) in [6, 6.07) is 11.1. The van der Waals surface area contributed by atoms with E-state index in [1.54, 1.807) is 36.8 Å². The quantitative estimate of drug-likeness (QED) is 0.340. The van der Waals surface area contributed by atoms with E-state index in [0.29, 0.717) is 29.1 Å². The van der Waals surface area contributed by atoms with Crippen molar-refractivity contribution in [3.63, 3.8) is 0 Å². The van der Waals surface area contributed by atoms with E-state index in [4.69, 9.17) is 9.15 Å². The number of hydrogen-bond acceptors (Lipinski definition) is 9. The highest BCUT2D eigenvalue weighted by atomic mass is 32.2. The lowest BCUT2D eigenvalue weighted by Crippen LogP contribution is -2.11. The second-order valence-electron chi connectivity index (χ2n) is 6.42. The van der Waals surface area contributed by atoms with E-state index in [0.717, 1.165) is 16.5 Å². The van der Waals surface area contributed by atoms with E-state index < -0.39 is 0 Å². The van der Waals surface area contributed by atoms with Gasteiger partial charge in [0.05, 0.1) is 0 Å². The number of rotatable bonds is 7. The molecule has 152 valence electrons. The van der Waals surface area contributed by atoms with E-state index in [1.807, 2.05) is 32.2 Å². The van der Waals surface area contributed by atoms with Crippen LogP contribution in [0.2, 0.25) is 0 Å². The number of aryl methyl sites for hydroxylation is 1. The molecular weight excluding hydrogens is 402 g/mol. The third-order valence-electron chi connectivity index (χ3n) is 4.47. The average molecular weight is 421 g/mol. The zero-order valence-electron chi connectivity index (χ0n) is 16.4.